The van der Waals surface area contributed by atoms with Crippen LogP contribution in [0.5, 0.6) is 0 Å². The fraction of sp³-hybridized carbons (Fsp3) is 0.209. The summed E-state index contributed by atoms with van der Waals surface area (Å²) < 4.78 is 4.91. The average Bonchev–Trinajstić information content (AvgIpc) is 1.57. The van der Waals surface area contributed by atoms with Crippen LogP contribution in [0.15, 0.2) is 339 Å². The zero-order valence-electron chi connectivity index (χ0n) is 79.3. The van der Waals surface area contributed by atoms with Gasteiger partial charge in [-0.15, -0.1) is 195 Å². The number of thioether (sulfide) groups is 1. The topological polar surface area (TPSA) is 212 Å². The van der Waals surface area contributed by atoms with E-state index in [1.54, 1.807) is 83.7 Å². The van der Waals surface area contributed by atoms with E-state index in [2.05, 4.69) is 260 Å². The number of thiophene rings is 1. The van der Waals surface area contributed by atoms with Gasteiger partial charge in [0.1, 0.15) is 0 Å². The van der Waals surface area contributed by atoms with E-state index in [0.717, 1.165) is 117 Å². The number of thiazole rings is 4. The van der Waals surface area contributed by atoms with Crippen molar-refractivity contribution in [2.45, 2.75) is 151 Å². The molecule has 20 rings (SSSR count). The number of fused-ring (bicyclic) bond motifs is 7. The van der Waals surface area contributed by atoms with Crippen LogP contribution in [0.2, 0.25) is 0 Å². The molecule has 10 aromatic carbocycles. The number of aliphatic hydroxyl groups is 6. The number of allylic oxidation sites excluding steroid dienone is 4. The molecule has 3 unspecified atom stereocenters. The molecule has 0 saturated heterocycles. The van der Waals surface area contributed by atoms with Crippen molar-refractivity contribution in [3.05, 3.63) is 409 Å². The van der Waals surface area contributed by atoms with Crippen molar-refractivity contribution >= 4 is 114 Å². The molecule has 4 radical (unpaired) electrons. The molecule has 23 heteroatoms. The van der Waals surface area contributed by atoms with Gasteiger partial charge in [0.2, 0.25) is 0 Å². The largest absolute Gasteiger partial charge is 0.513 e. The molecule has 0 amide bonds. The number of aromatic nitrogens is 7. The second kappa shape index (κ2) is 57.7. The van der Waals surface area contributed by atoms with Gasteiger partial charge < -0.3 is 45.6 Å². The summed E-state index contributed by atoms with van der Waals surface area (Å²) >= 11 is 10.4. The van der Waals surface area contributed by atoms with Gasteiger partial charge in [0, 0.05) is 143 Å². The molecule has 1 aliphatic carbocycles. The first-order valence-electron chi connectivity index (χ1n) is 44.2. The van der Waals surface area contributed by atoms with E-state index in [4.69, 9.17) is 30.6 Å². The second-order valence-electron chi connectivity index (χ2n) is 33.3. The van der Waals surface area contributed by atoms with E-state index in [0.29, 0.717) is 0 Å². The zero-order valence-corrected chi connectivity index (χ0v) is 93.7. The Morgan fingerprint density at radius 3 is 1.06 bits per heavy atom. The van der Waals surface area contributed by atoms with Gasteiger partial charge in [-0.25, -0.2) is 11.3 Å². The Balaban J connectivity index is 0.000000213. The van der Waals surface area contributed by atoms with Crippen LogP contribution in [0.1, 0.15) is 144 Å². The van der Waals surface area contributed by atoms with Crippen molar-refractivity contribution in [2.24, 2.45) is 0 Å². The fourth-order valence-electron chi connectivity index (χ4n) is 14.1. The van der Waals surface area contributed by atoms with Crippen LogP contribution >= 0.6 is 68.4 Å². The van der Waals surface area contributed by atoms with E-state index in [1.807, 2.05) is 181 Å². The summed E-state index contributed by atoms with van der Waals surface area (Å²) in [6.45, 7) is 27.2. The van der Waals surface area contributed by atoms with Crippen LogP contribution in [0.3, 0.4) is 0 Å². The minimum Gasteiger partial charge on any atom is -0.513 e. The molecule has 722 valence electrons. The number of benzene rings is 10. The molecule has 9 heterocycles. The zero-order chi connectivity index (χ0) is 95.6. The van der Waals surface area contributed by atoms with Crippen molar-refractivity contribution in [1.82, 2.24) is 34.9 Å². The number of rotatable bonds is 12. The normalized spacial score (nSPS) is 12.6. The Labute approximate surface area is 891 Å². The molecule has 138 heavy (non-hydrogen) atoms. The maximum atomic E-state index is 8.49. The number of hydrogen-bond donors (Lipinski definition) is 6. The quantitative estimate of drug-likeness (QED) is 0.0496. The Bertz CT molecular complexity index is 6330. The van der Waals surface area contributed by atoms with Gasteiger partial charge in [0.15, 0.2) is 0 Å². The average molecular weight is 2650 g/mol. The third-order valence-corrected chi connectivity index (χ3v) is 26.7. The molecule has 8 aromatic heterocycles. The summed E-state index contributed by atoms with van der Waals surface area (Å²) in [5.74, 6) is 1.64. The van der Waals surface area contributed by atoms with Crippen LogP contribution in [0.25, 0.3) is 121 Å². The smallest absolute Gasteiger partial charge is 0.0877 e. The van der Waals surface area contributed by atoms with Gasteiger partial charge in [-0.3, -0.25) is 26.0 Å². The third kappa shape index (κ3) is 34.8. The first-order valence-corrected chi connectivity index (χ1v) is 49.4. The summed E-state index contributed by atoms with van der Waals surface area (Å²) in [7, 11) is 0. The van der Waals surface area contributed by atoms with Gasteiger partial charge in [0.05, 0.1) is 57.7 Å². The summed E-state index contributed by atoms with van der Waals surface area (Å²) in [6, 6.07) is 114. The Morgan fingerprint density at radius 2 is 0.746 bits per heavy atom. The van der Waals surface area contributed by atoms with Crippen LogP contribution in [-0.2, 0) is 96.7 Å². The van der Waals surface area contributed by atoms with E-state index in [1.165, 1.54) is 96.1 Å². The molecule has 3 atom stereocenters. The molecule has 0 spiro atoms. The predicted octanol–water partition coefficient (Wildman–Crippen LogP) is 30.7. The number of para-hydroxylation sites is 4. The molecular weight excluding hydrogens is 2540 g/mol. The fourth-order valence-corrected chi connectivity index (χ4v) is 19.4. The van der Waals surface area contributed by atoms with Gasteiger partial charge in [-0.1, -0.05) is 180 Å². The monoisotopic (exact) mass is 2650 g/mol. The molecule has 6 N–H and O–H groups in total. The van der Waals surface area contributed by atoms with Crippen molar-refractivity contribution < 1.29 is 111 Å². The van der Waals surface area contributed by atoms with Crippen LogP contribution < -0.4 is 0 Å². The summed E-state index contributed by atoms with van der Waals surface area (Å²) in [5, 5.41) is 56.9. The molecule has 0 saturated carbocycles. The van der Waals surface area contributed by atoms with Gasteiger partial charge in [-0.2, -0.15) is 69.2 Å². The Hall–Kier alpha value is -9.90. The standard InChI is InChI=1S/C22H20N.2C17H16NS.2C13H8NS.C9H8NS.C9H6NS.3C5H10O2.4Ir/c1-3-22(4-2)19-10-6-5-9-17(19)18-13-12-16(15-20(18)22)21-11-7-8-14-23-21;2*1-17(2,3)13-10-8-12(9-11-13)16-18-14-6-4-5-7-15(14)19-16;2*1-2-6-10(7-3-1)13-14-11-8-4-5-9-12(11)15-13;2*1-2-6-10-8(4-1)9-5-3-7-11-9;3*1-4(6)3-5(2)7;;;;/h5-11,13-15H,3-4H2,1-2H3;2*4-8,10-11H,1-3H3;2*1-6,8-9H;1-2,4,6H,3,7H2;1-4,6-7H;3*3-4,6-7H,1-2H3;;;;/q7*-1;;;;;;;. The molecule has 13 nitrogen and oxygen atoms in total. The SMILES string of the molecule is CC(C)(C)c1c[c-]c(-c2nc3ccccc3s2)cc1.CC(C)(C)c1c[c-]c(-c2nc3ccccc3s2)cc1.CC(O)=CC(C)O.CC(O)=CC(C)O.CC(O)=CC(C)O.CCC1(CC)c2ccccc2-c2c[c-]c(-c3ccccn3)cc21.[C-]1=C(c2ccccn2)SCC1.[Ir].[Ir].[Ir].[Ir].[c-]1ccccc1-c1nc2ccccc2s1.[c-]1ccccc1-c1nc2ccccc2s1.[c-]1ccsc1-c1ccccn1. The molecule has 0 bridgehead atoms. The van der Waals surface area contributed by atoms with Gasteiger partial charge in [-0.05, 0) is 173 Å². The predicted molar refractivity (Wildman–Crippen MR) is 567 cm³/mol. The molecule has 1 aliphatic heterocycles. The molecule has 2 aliphatic rings. The van der Waals surface area contributed by atoms with Gasteiger partial charge in [0.25, 0.3) is 0 Å². The minimum absolute atomic E-state index is 0. The Kier molecular flexibility index (Phi) is 48.1. The van der Waals surface area contributed by atoms with Crippen molar-refractivity contribution in [1.29, 1.82) is 0 Å². The molecule has 0 fully saturated rings. The Morgan fingerprint density at radius 1 is 0.384 bits per heavy atom. The van der Waals surface area contributed by atoms with E-state index in [-0.39, 0.29) is 114 Å². The van der Waals surface area contributed by atoms with E-state index >= 15 is 0 Å². The van der Waals surface area contributed by atoms with Gasteiger partial charge >= 0.3 is 0 Å². The maximum absolute atomic E-state index is 8.49. The van der Waals surface area contributed by atoms with Crippen LogP contribution in [-0.4, -0.2) is 89.6 Å². The summed E-state index contributed by atoms with van der Waals surface area (Å²) in [4.78, 5) is 33.7. The number of hydrogen-bond acceptors (Lipinski definition) is 19. The summed E-state index contributed by atoms with van der Waals surface area (Å²) in [5.41, 5.74) is 21.4. The molecule has 18 aromatic rings. The van der Waals surface area contributed by atoms with E-state index < -0.39 is 18.3 Å². The van der Waals surface area contributed by atoms with Crippen molar-refractivity contribution in [2.75, 3.05) is 5.75 Å². The second-order valence-corrected chi connectivity index (χ2v) is 39.4. The first-order chi connectivity index (χ1) is 64.5. The minimum atomic E-state index is -0.537. The van der Waals surface area contributed by atoms with Crippen molar-refractivity contribution in [3.63, 3.8) is 0 Å². The number of nitrogens with zero attached hydrogens (tertiary/aromatic N) is 7. The molecular formula is C115H112Ir4N7O6S6-7. The maximum Gasteiger partial charge on any atom is 0.0877 e. The summed E-state index contributed by atoms with van der Waals surface area (Å²) in [6.07, 6.45) is 14.5. The third-order valence-electron chi connectivity index (χ3n) is 20.6. The first kappa shape index (κ1) is 115. The number of aliphatic hydroxyl groups excluding tert-OH is 6. The number of pyridine rings is 3. The van der Waals surface area contributed by atoms with Crippen LogP contribution in [0.4, 0.5) is 0 Å². The van der Waals surface area contributed by atoms with E-state index in [9.17, 15) is 0 Å². The van der Waals surface area contributed by atoms with Crippen molar-refractivity contribution in [3.8, 4) is 75.2 Å². The van der Waals surface area contributed by atoms with Crippen LogP contribution in [0, 0.1) is 42.5 Å².